The summed E-state index contributed by atoms with van der Waals surface area (Å²) in [6.07, 6.45) is 0. The summed E-state index contributed by atoms with van der Waals surface area (Å²) in [6.45, 7) is 4.73. The number of fused-ring (bicyclic) bond motifs is 13. The van der Waals surface area contributed by atoms with Crippen LogP contribution in [-0.2, 0) is 5.41 Å². The molecule has 2 heterocycles. The van der Waals surface area contributed by atoms with Crippen LogP contribution in [0.25, 0.3) is 85.9 Å². The maximum Gasteiger partial charge on any atom is 0.144 e. The van der Waals surface area contributed by atoms with Crippen molar-refractivity contribution in [3.05, 3.63) is 187 Å². The van der Waals surface area contributed by atoms with Crippen LogP contribution in [0.5, 0.6) is 0 Å². The molecule has 0 radical (unpaired) electrons. The second-order valence-electron chi connectivity index (χ2n) is 15.6. The molecule has 11 aromatic rings. The Bertz CT molecular complexity index is 3400. The maximum absolute atomic E-state index is 6.78. The molecule has 0 fully saturated rings. The van der Waals surface area contributed by atoms with E-state index in [9.17, 15) is 0 Å². The minimum Gasteiger partial charge on any atom is -0.455 e. The summed E-state index contributed by atoms with van der Waals surface area (Å²) in [7, 11) is 0. The van der Waals surface area contributed by atoms with E-state index in [1.807, 2.05) is 11.3 Å². The van der Waals surface area contributed by atoms with E-state index in [1.54, 1.807) is 0 Å². The Labute approximate surface area is 328 Å². The molecule has 2 nitrogen and oxygen atoms in total. The van der Waals surface area contributed by atoms with E-state index in [0.717, 1.165) is 33.6 Å². The smallest absolute Gasteiger partial charge is 0.144 e. The average molecular weight is 734 g/mol. The first kappa shape index (κ1) is 31.6. The Morgan fingerprint density at radius 2 is 1.16 bits per heavy atom. The van der Waals surface area contributed by atoms with Gasteiger partial charge in [0.15, 0.2) is 0 Å². The minimum absolute atomic E-state index is 0.0900. The van der Waals surface area contributed by atoms with Crippen molar-refractivity contribution in [2.24, 2.45) is 0 Å². The van der Waals surface area contributed by atoms with E-state index in [0.29, 0.717) is 0 Å². The number of rotatable bonds is 4. The van der Waals surface area contributed by atoms with Gasteiger partial charge in [0, 0.05) is 53.1 Å². The molecule has 0 amide bonds. The van der Waals surface area contributed by atoms with Gasteiger partial charge in [-0.25, -0.2) is 0 Å². The van der Waals surface area contributed by atoms with Gasteiger partial charge in [-0.1, -0.05) is 135 Å². The number of hydrogen-bond donors (Lipinski definition) is 0. The molecular weight excluding hydrogens is 699 g/mol. The monoisotopic (exact) mass is 733 g/mol. The Hall–Kier alpha value is -6.68. The van der Waals surface area contributed by atoms with Crippen LogP contribution in [0.3, 0.4) is 0 Å². The molecule has 264 valence electrons. The SMILES string of the molecule is CC1(C)c2ccccc2-c2cccc(-c3ccc(N(c4ccc5sc6ccc7c(oc8ccc9ccccc9c87)c6c5c4)c4cccc5ccccc45)cc3)c21. The Kier molecular flexibility index (Phi) is 6.59. The fourth-order valence-corrected chi connectivity index (χ4v) is 10.8. The van der Waals surface area contributed by atoms with Crippen molar-refractivity contribution in [1.82, 2.24) is 0 Å². The summed E-state index contributed by atoms with van der Waals surface area (Å²) in [5.74, 6) is 0. The van der Waals surface area contributed by atoms with Gasteiger partial charge in [-0.15, -0.1) is 11.3 Å². The Balaban J connectivity index is 1.06. The maximum atomic E-state index is 6.78. The van der Waals surface area contributed by atoms with Crippen LogP contribution in [0, 0.1) is 0 Å². The third-order valence-corrected chi connectivity index (χ3v) is 13.4. The summed E-state index contributed by atoms with van der Waals surface area (Å²) in [5.41, 5.74) is 13.2. The molecule has 0 aliphatic heterocycles. The number of benzene rings is 9. The normalized spacial score (nSPS) is 13.3. The summed E-state index contributed by atoms with van der Waals surface area (Å²) in [6, 6.07) is 64.6. The van der Waals surface area contributed by atoms with Crippen LogP contribution < -0.4 is 4.90 Å². The fraction of sp³-hybridized carbons (Fsp3) is 0.0566. The molecule has 1 aliphatic carbocycles. The zero-order chi connectivity index (χ0) is 37.1. The van der Waals surface area contributed by atoms with Gasteiger partial charge in [-0.3, -0.25) is 0 Å². The topological polar surface area (TPSA) is 16.4 Å². The molecule has 0 atom stereocenters. The van der Waals surface area contributed by atoms with Gasteiger partial charge in [0.2, 0.25) is 0 Å². The molecule has 0 unspecified atom stereocenters. The van der Waals surface area contributed by atoms with E-state index in [4.69, 9.17) is 4.42 Å². The third-order valence-electron chi connectivity index (χ3n) is 12.2. The van der Waals surface area contributed by atoms with Crippen LogP contribution in [0.2, 0.25) is 0 Å². The molecule has 1 aliphatic rings. The highest BCUT2D eigenvalue weighted by Gasteiger charge is 2.37. The van der Waals surface area contributed by atoms with Gasteiger partial charge in [0.05, 0.1) is 5.69 Å². The quantitative estimate of drug-likeness (QED) is 0.179. The van der Waals surface area contributed by atoms with E-state index >= 15 is 0 Å². The summed E-state index contributed by atoms with van der Waals surface area (Å²) >= 11 is 1.83. The predicted octanol–water partition coefficient (Wildman–Crippen LogP) is 15.7. The van der Waals surface area contributed by atoms with Crippen molar-refractivity contribution < 1.29 is 4.42 Å². The van der Waals surface area contributed by atoms with Crippen LogP contribution in [0.4, 0.5) is 17.1 Å². The zero-order valence-electron chi connectivity index (χ0n) is 31.0. The molecule has 0 spiro atoms. The minimum atomic E-state index is -0.0900. The van der Waals surface area contributed by atoms with Crippen LogP contribution in [0.15, 0.2) is 180 Å². The van der Waals surface area contributed by atoms with Gasteiger partial charge in [-0.05, 0) is 104 Å². The zero-order valence-corrected chi connectivity index (χ0v) is 31.8. The first-order valence-corrected chi connectivity index (χ1v) is 20.2. The lowest BCUT2D eigenvalue weighted by Crippen LogP contribution is -2.16. The molecule has 0 N–H and O–H groups in total. The van der Waals surface area contributed by atoms with Gasteiger partial charge < -0.3 is 9.32 Å². The number of anilines is 3. The lowest BCUT2D eigenvalue weighted by molar-refractivity contribution is 0.662. The van der Waals surface area contributed by atoms with Crippen LogP contribution in [0.1, 0.15) is 25.0 Å². The first-order valence-electron chi connectivity index (χ1n) is 19.3. The van der Waals surface area contributed by atoms with Crippen LogP contribution >= 0.6 is 11.3 Å². The summed E-state index contributed by atoms with van der Waals surface area (Å²) < 4.78 is 9.26. The molecular formula is C53H35NOS. The standard InChI is InChI=1S/C53H35NOS/c1-53(2)44-19-8-7-16-40(44)41-18-10-17-39(51(41)53)34-21-24-35(25-22-34)54(45-20-9-13-32-11-3-5-14-37(32)45)36-26-29-47-43(31-36)50-48(56-47)30-27-42-49-38-15-6-4-12-33(38)23-28-46(49)55-52(42)50/h3-31H,1-2H3. The van der Waals surface area contributed by atoms with Crippen molar-refractivity contribution in [3.63, 3.8) is 0 Å². The molecule has 56 heavy (non-hydrogen) atoms. The average Bonchev–Trinajstić information content (AvgIpc) is 3.89. The highest BCUT2D eigenvalue weighted by molar-refractivity contribution is 7.26. The molecule has 2 aromatic heterocycles. The molecule has 12 rings (SSSR count). The van der Waals surface area contributed by atoms with E-state index in [-0.39, 0.29) is 5.41 Å². The van der Waals surface area contributed by atoms with Crippen LogP contribution in [-0.4, -0.2) is 0 Å². The first-order chi connectivity index (χ1) is 27.5. The highest BCUT2D eigenvalue weighted by Crippen LogP contribution is 2.52. The molecule has 0 saturated carbocycles. The van der Waals surface area contributed by atoms with Gasteiger partial charge in [0.25, 0.3) is 0 Å². The second-order valence-corrected chi connectivity index (χ2v) is 16.7. The third kappa shape index (κ3) is 4.43. The van der Waals surface area contributed by atoms with E-state index < -0.39 is 0 Å². The predicted molar refractivity (Wildman–Crippen MR) is 239 cm³/mol. The van der Waals surface area contributed by atoms with Gasteiger partial charge >= 0.3 is 0 Å². The number of furan rings is 1. The van der Waals surface area contributed by atoms with Crippen molar-refractivity contribution in [1.29, 1.82) is 0 Å². The lowest BCUT2D eigenvalue weighted by Gasteiger charge is -2.28. The number of hydrogen-bond acceptors (Lipinski definition) is 3. The summed E-state index contributed by atoms with van der Waals surface area (Å²) in [5, 5.41) is 9.61. The van der Waals surface area contributed by atoms with Crippen molar-refractivity contribution in [2.45, 2.75) is 19.3 Å². The Morgan fingerprint density at radius 3 is 2.04 bits per heavy atom. The largest absolute Gasteiger partial charge is 0.455 e. The van der Waals surface area contributed by atoms with E-state index in [2.05, 4.69) is 195 Å². The van der Waals surface area contributed by atoms with Crippen molar-refractivity contribution in [2.75, 3.05) is 4.90 Å². The Morgan fingerprint density at radius 1 is 0.482 bits per heavy atom. The van der Waals surface area contributed by atoms with Crippen molar-refractivity contribution in [3.8, 4) is 22.3 Å². The van der Waals surface area contributed by atoms with Crippen molar-refractivity contribution >= 4 is 92.1 Å². The fourth-order valence-electron chi connectivity index (χ4n) is 9.70. The van der Waals surface area contributed by atoms with Gasteiger partial charge in [0.1, 0.15) is 11.2 Å². The second kappa shape index (κ2) is 11.7. The number of nitrogens with zero attached hydrogens (tertiary/aromatic N) is 1. The molecule has 0 saturated heterocycles. The van der Waals surface area contributed by atoms with E-state index in [1.165, 1.54) is 80.5 Å². The summed E-state index contributed by atoms with van der Waals surface area (Å²) in [4.78, 5) is 2.43. The molecule has 0 bridgehead atoms. The number of thiophene rings is 1. The van der Waals surface area contributed by atoms with Gasteiger partial charge in [-0.2, -0.15) is 0 Å². The highest BCUT2D eigenvalue weighted by atomic mass is 32.1. The molecule has 9 aromatic carbocycles. The lowest BCUT2D eigenvalue weighted by atomic mass is 9.79. The molecule has 3 heteroatoms.